The molecule has 4 atom stereocenters. The maximum atomic E-state index is 11.4. The highest BCUT2D eigenvalue weighted by Crippen LogP contribution is 2.41. The van der Waals surface area contributed by atoms with E-state index in [0.717, 1.165) is 13.1 Å². The largest absolute Gasteiger partial charge is 0.351 e. The fraction of sp³-hybridized carbons (Fsp3) is 0.889. The molecule has 1 amide bonds. The van der Waals surface area contributed by atoms with E-state index in [1.807, 2.05) is 6.92 Å². The molecule has 0 bridgehead atoms. The lowest BCUT2D eigenvalue weighted by Gasteiger charge is -2.11. The van der Waals surface area contributed by atoms with E-state index in [9.17, 15) is 4.79 Å². The summed E-state index contributed by atoms with van der Waals surface area (Å²) in [6.07, 6.45) is 0.714. The molecule has 2 fully saturated rings. The van der Waals surface area contributed by atoms with Gasteiger partial charge in [0.25, 0.3) is 0 Å². The zero-order valence-corrected chi connectivity index (χ0v) is 7.92. The van der Waals surface area contributed by atoms with E-state index < -0.39 is 0 Å². The quantitative estimate of drug-likeness (QED) is 0.529. The van der Waals surface area contributed by atoms with Crippen molar-refractivity contribution < 1.29 is 4.79 Å². The fourth-order valence-electron chi connectivity index (χ4n) is 2.09. The van der Waals surface area contributed by atoms with Crippen LogP contribution < -0.4 is 16.4 Å². The van der Waals surface area contributed by atoms with Gasteiger partial charge in [0.1, 0.15) is 0 Å². The molecule has 1 aliphatic heterocycles. The van der Waals surface area contributed by atoms with Crippen LogP contribution in [0.4, 0.5) is 0 Å². The fourth-order valence-corrected chi connectivity index (χ4v) is 2.09. The van der Waals surface area contributed by atoms with E-state index in [1.165, 1.54) is 0 Å². The van der Waals surface area contributed by atoms with E-state index in [0.29, 0.717) is 24.3 Å². The number of nitrogens with two attached hydrogens (primary N) is 1. The molecule has 0 spiro atoms. The Morgan fingerprint density at radius 2 is 2.23 bits per heavy atom. The third-order valence-electron chi connectivity index (χ3n) is 3.18. The Hall–Kier alpha value is -0.610. The first-order valence-corrected chi connectivity index (χ1v) is 5.00. The zero-order valence-electron chi connectivity index (χ0n) is 7.92. The van der Waals surface area contributed by atoms with Crippen molar-refractivity contribution in [3.8, 4) is 0 Å². The van der Waals surface area contributed by atoms with Crippen LogP contribution in [0.15, 0.2) is 0 Å². The van der Waals surface area contributed by atoms with Crippen LogP contribution >= 0.6 is 0 Å². The predicted molar refractivity (Wildman–Crippen MR) is 50.0 cm³/mol. The smallest absolute Gasteiger partial charge is 0.237 e. The third kappa shape index (κ3) is 1.56. The Labute approximate surface area is 78.2 Å². The number of fused-ring (bicyclic) bond motifs is 1. The van der Waals surface area contributed by atoms with Crippen molar-refractivity contribution in [1.29, 1.82) is 0 Å². The van der Waals surface area contributed by atoms with Gasteiger partial charge in [0.05, 0.1) is 6.04 Å². The van der Waals surface area contributed by atoms with Gasteiger partial charge in [0.2, 0.25) is 5.91 Å². The van der Waals surface area contributed by atoms with Crippen LogP contribution in [0.5, 0.6) is 0 Å². The number of hydrogen-bond acceptors (Lipinski definition) is 3. The SMILES string of the molecule is CCC(N)C(=O)NC1[C@H]2CNC[C@@H]12. The number of nitrogens with one attached hydrogen (secondary N) is 2. The van der Waals surface area contributed by atoms with Gasteiger partial charge in [-0.2, -0.15) is 0 Å². The summed E-state index contributed by atoms with van der Waals surface area (Å²) in [4.78, 5) is 11.4. The number of rotatable bonds is 3. The Morgan fingerprint density at radius 1 is 1.62 bits per heavy atom. The predicted octanol–water partition coefficient (Wildman–Crippen LogP) is -0.942. The molecule has 4 nitrogen and oxygen atoms in total. The van der Waals surface area contributed by atoms with Gasteiger partial charge in [-0.05, 0) is 18.3 Å². The maximum absolute atomic E-state index is 11.4. The van der Waals surface area contributed by atoms with E-state index >= 15 is 0 Å². The average Bonchev–Trinajstić information content (AvgIpc) is 2.63. The minimum atomic E-state index is -0.325. The van der Waals surface area contributed by atoms with Crippen LogP contribution in [0.3, 0.4) is 0 Å². The number of carbonyl (C=O) groups excluding carboxylic acids is 1. The highest BCUT2D eigenvalue weighted by atomic mass is 16.2. The molecule has 0 aromatic carbocycles. The third-order valence-corrected chi connectivity index (χ3v) is 3.18. The van der Waals surface area contributed by atoms with Crippen molar-refractivity contribution in [3.05, 3.63) is 0 Å². The molecule has 4 N–H and O–H groups in total. The molecule has 1 saturated carbocycles. The van der Waals surface area contributed by atoms with E-state index in [4.69, 9.17) is 5.73 Å². The van der Waals surface area contributed by atoms with Gasteiger partial charge in [-0.3, -0.25) is 4.79 Å². The summed E-state index contributed by atoms with van der Waals surface area (Å²) in [5.74, 6) is 1.36. The van der Waals surface area contributed by atoms with Crippen molar-refractivity contribution in [2.24, 2.45) is 17.6 Å². The van der Waals surface area contributed by atoms with E-state index in [-0.39, 0.29) is 11.9 Å². The van der Waals surface area contributed by atoms with Crippen molar-refractivity contribution in [1.82, 2.24) is 10.6 Å². The van der Waals surface area contributed by atoms with Gasteiger partial charge in [-0.15, -0.1) is 0 Å². The van der Waals surface area contributed by atoms with Gasteiger partial charge < -0.3 is 16.4 Å². The van der Waals surface area contributed by atoms with Crippen LogP contribution in [0.1, 0.15) is 13.3 Å². The Kier molecular flexibility index (Phi) is 2.26. The Morgan fingerprint density at radius 3 is 2.77 bits per heavy atom. The summed E-state index contributed by atoms with van der Waals surface area (Å²) < 4.78 is 0. The van der Waals surface area contributed by atoms with E-state index in [2.05, 4.69) is 10.6 Å². The first-order chi connectivity index (χ1) is 6.24. The second-order valence-corrected chi connectivity index (χ2v) is 4.04. The van der Waals surface area contributed by atoms with Gasteiger partial charge in [0.15, 0.2) is 0 Å². The van der Waals surface area contributed by atoms with Gasteiger partial charge >= 0.3 is 0 Å². The monoisotopic (exact) mass is 183 g/mol. The van der Waals surface area contributed by atoms with Crippen LogP contribution in [0.25, 0.3) is 0 Å². The standard InChI is InChI=1S/C9H17N3O/c1-2-7(10)9(13)12-8-5-3-11-4-6(5)8/h5-8,11H,2-4,10H2,1H3,(H,12,13)/t5-,6+,7?,8?. The topological polar surface area (TPSA) is 67.2 Å². The van der Waals surface area contributed by atoms with Crippen molar-refractivity contribution in [2.45, 2.75) is 25.4 Å². The molecule has 1 aliphatic carbocycles. The van der Waals surface area contributed by atoms with Crippen molar-refractivity contribution in [2.75, 3.05) is 13.1 Å². The summed E-state index contributed by atoms with van der Waals surface area (Å²) in [6, 6.07) is 0.0839. The van der Waals surface area contributed by atoms with Crippen LogP contribution in [0, 0.1) is 11.8 Å². The molecule has 2 rings (SSSR count). The maximum Gasteiger partial charge on any atom is 0.237 e. The van der Waals surface area contributed by atoms with Crippen molar-refractivity contribution in [3.63, 3.8) is 0 Å². The second-order valence-electron chi connectivity index (χ2n) is 4.04. The molecule has 2 aliphatic rings. The van der Waals surface area contributed by atoms with E-state index in [1.54, 1.807) is 0 Å². The van der Waals surface area contributed by atoms with Crippen LogP contribution in [-0.4, -0.2) is 31.1 Å². The summed E-state index contributed by atoms with van der Waals surface area (Å²) in [6.45, 7) is 4.04. The Balaban J connectivity index is 1.77. The lowest BCUT2D eigenvalue weighted by molar-refractivity contribution is -0.122. The molecule has 0 radical (unpaired) electrons. The lowest BCUT2D eigenvalue weighted by atomic mass is 10.2. The summed E-state index contributed by atoms with van der Waals surface area (Å²) in [5, 5.41) is 6.29. The molecule has 0 aromatic heterocycles. The Bertz CT molecular complexity index is 209. The highest BCUT2D eigenvalue weighted by molar-refractivity contribution is 5.82. The number of carbonyl (C=O) groups is 1. The molecule has 4 heteroatoms. The molecule has 1 saturated heterocycles. The second kappa shape index (κ2) is 3.27. The summed E-state index contributed by atoms with van der Waals surface area (Å²) in [7, 11) is 0. The van der Waals surface area contributed by atoms with Gasteiger partial charge in [-0.1, -0.05) is 6.92 Å². The summed E-state index contributed by atoms with van der Waals surface area (Å²) in [5.41, 5.74) is 5.62. The molecule has 2 unspecified atom stereocenters. The van der Waals surface area contributed by atoms with Gasteiger partial charge in [0, 0.05) is 19.1 Å². The first-order valence-electron chi connectivity index (χ1n) is 5.00. The normalized spacial score (nSPS) is 38.2. The molecule has 1 heterocycles. The zero-order chi connectivity index (χ0) is 9.42. The molecule has 0 aromatic rings. The highest BCUT2D eigenvalue weighted by Gasteiger charge is 2.53. The number of piperidine rings is 1. The van der Waals surface area contributed by atoms with Crippen LogP contribution in [0.2, 0.25) is 0 Å². The molecular formula is C9H17N3O. The minimum absolute atomic E-state index is 0.0156. The van der Waals surface area contributed by atoms with Crippen LogP contribution in [-0.2, 0) is 4.79 Å². The lowest BCUT2D eigenvalue weighted by Crippen LogP contribution is -2.43. The number of hydrogen-bond donors (Lipinski definition) is 3. The first kappa shape index (κ1) is 8.97. The average molecular weight is 183 g/mol. The summed E-state index contributed by atoms with van der Waals surface area (Å²) >= 11 is 0. The molecule has 74 valence electrons. The van der Waals surface area contributed by atoms with Gasteiger partial charge in [-0.25, -0.2) is 0 Å². The molecule has 13 heavy (non-hydrogen) atoms. The minimum Gasteiger partial charge on any atom is -0.351 e. The molecular weight excluding hydrogens is 166 g/mol. The number of amides is 1. The van der Waals surface area contributed by atoms with Crippen molar-refractivity contribution >= 4 is 5.91 Å².